The summed E-state index contributed by atoms with van der Waals surface area (Å²) in [5.74, 6) is 5.42. The maximum absolute atomic E-state index is 4.32. The van der Waals surface area contributed by atoms with Crippen LogP contribution in [0, 0.1) is 46.8 Å². The fourth-order valence-corrected chi connectivity index (χ4v) is 8.16. The van der Waals surface area contributed by atoms with E-state index in [1.54, 1.807) is 5.57 Å². The molecular formula is C29H44. The van der Waals surface area contributed by atoms with E-state index in [0.717, 1.165) is 41.9 Å². The maximum Gasteiger partial charge on any atom is -0.0165 e. The first-order chi connectivity index (χ1) is 14.0. The predicted molar refractivity (Wildman–Crippen MR) is 129 cm³/mol. The number of fused-ring (bicyclic) bond motifs is 3. The lowest BCUT2D eigenvalue weighted by molar-refractivity contribution is -0.0516. The van der Waals surface area contributed by atoms with E-state index in [1.165, 1.54) is 50.5 Å². The predicted octanol–water partition coefficient (Wildman–Crippen LogP) is 8.55. The minimum Gasteiger partial charge on any atom is -0.103 e. The Hall–Kier alpha value is -1.30. The highest BCUT2D eigenvalue weighted by atomic mass is 14.6. The quantitative estimate of drug-likeness (QED) is 0.287. The van der Waals surface area contributed by atoms with Gasteiger partial charge in [-0.05, 0) is 91.8 Å². The Labute approximate surface area is 180 Å². The van der Waals surface area contributed by atoms with Gasteiger partial charge in [0.15, 0.2) is 0 Å². The van der Waals surface area contributed by atoms with Gasteiger partial charge in [-0.1, -0.05) is 82.4 Å². The number of hydrogen-bond acceptors (Lipinski definition) is 0. The van der Waals surface area contributed by atoms with Gasteiger partial charge in [0.1, 0.15) is 0 Å². The van der Waals surface area contributed by atoms with Crippen LogP contribution in [-0.4, -0.2) is 0 Å². The molecule has 0 N–H and O–H groups in total. The van der Waals surface area contributed by atoms with Crippen molar-refractivity contribution in [2.24, 2.45) is 46.8 Å². The van der Waals surface area contributed by atoms with Crippen LogP contribution in [0.1, 0.15) is 72.1 Å². The average molecular weight is 393 g/mol. The minimum atomic E-state index is 0.490. The molecule has 0 aromatic heterocycles. The van der Waals surface area contributed by atoms with Crippen molar-refractivity contribution in [3.05, 3.63) is 61.8 Å². The van der Waals surface area contributed by atoms with E-state index < -0.39 is 0 Å². The third kappa shape index (κ3) is 3.77. The summed E-state index contributed by atoms with van der Waals surface area (Å²) in [6, 6.07) is 0. The molecule has 0 radical (unpaired) electrons. The SMILES string of the molecule is C=C/C=C1/CC(C=C)C2C(CCC3(CC)C(CC(=C)C=C)C(C)CC23)C1CCC. The van der Waals surface area contributed by atoms with Crippen LogP contribution in [0.2, 0.25) is 0 Å². The second kappa shape index (κ2) is 9.23. The Kier molecular flexibility index (Phi) is 7.13. The Bertz CT molecular complexity index is 664. The summed E-state index contributed by atoms with van der Waals surface area (Å²) in [7, 11) is 0. The lowest BCUT2D eigenvalue weighted by Gasteiger charge is -2.57. The van der Waals surface area contributed by atoms with Crippen LogP contribution in [0.3, 0.4) is 0 Å². The second-order valence-corrected chi connectivity index (χ2v) is 10.3. The lowest BCUT2D eigenvalue weighted by Crippen LogP contribution is -2.50. The van der Waals surface area contributed by atoms with Crippen molar-refractivity contribution in [3.8, 4) is 0 Å². The molecule has 8 atom stereocenters. The van der Waals surface area contributed by atoms with E-state index >= 15 is 0 Å². The Balaban J connectivity index is 2.00. The summed E-state index contributed by atoms with van der Waals surface area (Å²) in [6.07, 6.45) is 19.1. The summed E-state index contributed by atoms with van der Waals surface area (Å²) in [5, 5.41) is 0. The molecule has 3 rings (SSSR count). The van der Waals surface area contributed by atoms with E-state index in [-0.39, 0.29) is 0 Å². The summed E-state index contributed by atoms with van der Waals surface area (Å²) in [5.41, 5.74) is 3.38. The monoisotopic (exact) mass is 392 g/mol. The molecule has 0 heterocycles. The van der Waals surface area contributed by atoms with Crippen molar-refractivity contribution in [3.63, 3.8) is 0 Å². The van der Waals surface area contributed by atoms with Gasteiger partial charge in [-0.2, -0.15) is 0 Å². The molecule has 0 saturated heterocycles. The molecule has 8 unspecified atom stereocenters. The highest BCUT2D eigenvalue weighted by Crippen LogP contribution is 2.68. The molecular weight excluding hydrogens is 348 g/mol. The zero-order chi connectivity index (χ0) is 21.2. The normalized spacial score (nSPS) is 42.7. The zero-order valence-corrected chi connectivity index (χ0v) is 19.3. The molecule has 0 aliphatic heterocycles. The standard InChI is InChI=1S/C29H44/c1-8-13-23-19-22(11-4)28-25(24(23)14-9-2)15-16-29(12-5)26(17-20(6)10-3)21(7)18-27(28)29/h8,10-11,13,21-22,24-28H,1,3-4,6,9,12,14-19H2,2,5,7H3/b23-13-. The van der Waals surface area contributed by atoms with Gasteiger partial charge in [-0.3, -0.25) is 0 Å². The van der Waals surface area contributed by atoms with E-state index in [1.807, 2.05) is 12.2 Å². The van der Waals surface area contributed by atoms with Crippen LogP contribution in [-0.2, 0) is 0 Å². The first kappa shape index (κ1) is 22.4. The molecule has 0 aromatic carbocycles. The molecule has 0 amide bonds. The van der Waals surface area contributed by atoms with Crippen LogP contribution >= 0.6 is 0 Å². The van der Waals surface area contributed by atoms with Crippen molar-refractivity contribution in [2.45, 2.75) is 72.1 Å². The fourth-order valence-electron chi connectivity index (χ4n) is 8.16. The highest BCUT2D eigenvalue weighted by molar-refractivity contribution is 5.24. The number of hydrogen-bond donors (Lipinski definition) is 0. The van der Waals surface area contributed by atoms with Crippen molar-refractivity contribution in [1.82, 2.24) is 0 Å². The molecule has 0 bridgehead atoms. The Morgan fingerprint density at radius 3 is 2.55 bits per heavy atom. The Morgan fingerprint density at radius 1 is 1.21 bits per heavy atom. The van der Waals surface area contributed by atoms with Gasteiger partial charge >= 0.3 is 0 Å². The fraction of sp³-hybridized carbons (Fsp3) is 0.655. The Morgan fingerprint density at radius 2 is 1.97 bits per heavy atom. The molecule has 3 aliphatic carbocycles. The van der Waals surface area contributed by atoms with Crippen LogP contribution in [0.5, 0.6) is 0 Å². The average Bonchev–Trinajstić information content (AvgIpc) is 3.01. The van der Waals surface area contributed by atoms with Crippen molar-refractivity contribution < 1.29 is 0 Å². The van der Waals surface area contributed by atoms with Crippen LogP contribution < -0.4 is 0 Å². The molecule has 160 valence electrons. The molecule has 0 heteroatoms. The minimum absolute atomic E-state index is 0.490. The van der Waals surface area contributed by atoms with Gasteiger partial charge < -0.3 is 0 Å². The smallest absolute Gasteiger partial charge is 0.0165 e. The van der Waals surface area contributed by atoms with Crippen molar-refractivity contribution >= 4 is 0 Å². The third-order valence-electron chi connectivity index (χ3n) is 9.31. The van der Waals surface area contributed by atoms with E-state index in [2.05, 4.69) is 59.2 Å². The summed E-state index contributed by atoms with van der Waals surface area (Å²) in [4.78, 5) is 0. The number of allylic oxidation sites excluding steroid dienone is 6. The van der Waals surface area contributed by atoms with Crippen LogP contribution in [0.25, 0.3) is 0 Å². The van der Waals surface area contributed by atoms with Gasteiger partial charge in [0.2, 0.25) is 0 Å². The molecule has 0 nitrogen and oxygen atoms in total. The topological polar surface area (TPSA) is 0 Å². The maximum atomic E-state index is 4.32. The molecule has 29 heavy (non-hydrogen) atoms. The lowest BCUT2D eigenvalue weighted by atomic mass is 9.48. The summed E-state index contributed by atoms with van der Waals surface area (Å²) < 4.78 is 0. The highest BCUT2D eigenvalue weighted by Gasteiger charge is 2.60. The van der Waals surface area contributed by atoms with E-state index in [9.17, 15) is 0 Å². The van der Waals surface area contributed by atoms with Gasteiger partial charge in [0, 0.05) is 0 Å². The molecule has 3 aliphatic rings. The third-order valence-corrected chi connectivity index (χ3v) is 9.31. The largest absolute Gasteiger partial charge is 0.103 e. The van der Waals surface area contributed by atoms with E-state index in [0.29, 0.717) is 11.3 Å². The first-order valence-electron chi connectivity index (χ1n) is 12.2. The number of rotatable bonds is 8. The van der Waals surface area contributed by atoms with Crippen LogP contribution in [0.4, 0.5) is 0 Å². The zero-order valence-electron chi connectivity index (χ0n) is 19.3. The van der Waals surface area contributed by atoms with Gasteiger partial charge in [0.05, 0.1) is 0 Å². The molecule has 0 aromatic rings. The van der Waals surface area contributed by atoms with Gasteiger partial charge in [0.25, 0.3) is 0 Å². The molecule has 3 saturated carbocycles. The van der Waals surface area contributed by atoms with Crippen LogP contribution in [0.15, 0.2) is 61.8 Å². The van der Waals surface area contributed by atoms with Gasteiger partial charge in [-0.15, -0.1) is 6.58 Å². The summed E-state index contributed by atoms with van der Waals surface area (Å²) in [6.45, 7) is 24.0. The van der Waals surface area contributed by atoms with Crippen molar-refractivity contribution in [2.75, 3.05) is 0 Å². The first-order valence-corrected chi connectivity index (χ1v) is 12.2. The van der Waals surface area contributed by atoms with Gasteiger partial charge in [-0.25, -0.2) is 0 Å². The molecule has 0 spiro atoms. The summed E-state index contributed by atoms with van der Waals surface area (Å²) >= 11 is 0. The van der Waals surface area contributed by atoms with E-state index in [4.69, 9.17) is 0 Å². The van der Waals surface area contributed by atoms with Crippen molar-refractivity contribution in [1.29, 1.82) is 0 Å². The molecule has 3 fully saturated rings. The second-order valence-electron chi connectivity index (χ2n) is 10.3.